The maximum Gasteiger partial charge on any atom is 0.113 e. The van der Waals surface area contributed by atoms with Crippen molar-refractivity contribution in [2.45, 2.75) is 13.0 Å². The second-order valence-electron chi connectivity index (χ2n) is 4.44. The fraction of sp³-hybridized carbons (Fsp3) is 0.231. The van der Waals surface area contributed by atoms with Crippen molar-refractivity contribution < 1.29 is 0 Å². The van der Waals surface area contributed by atoms with Crippen molar-refractivity contribution in [3.63, 3.8) is 0 Å². The lowest BCUT2D eigenvalue weighted by atomic mass is 10.1. The molecule has 0 fully saturated rings. The van der Waals surface area contributed by atoms with Crippen LogP contribution in [0.3, 0.4) is 0 Å². The van der Waals surface area contributed by atoms with Gasteiger partial charge in [0.25, 0.3) is 0 Å². The topological polar surface area (TPSA) is 98.3 Å². The zero-order chi connectivity index (χ0) is 13.8. The highest BCUT2D eigenvalue weighted by Crippen LogP contribution is 2.21. The van der Waals surface area contributed by atoms with E-state index in [2.05, 4.69) is 25.7 Å². The molecule has 0 spiro atoms. The van der Waals surface area contributed by atoms with Crippen LogP contribution in [0, 0.1) is 0 Å². The van der Waals surface area contributed by atoms with Crippen LogP contribution in [0.4, 0.5) is 0 Å². The van der Waals surface area contributed by atoms with Crippen LogP contribution in [0.15, 0.2) is 36.7 Å². The van der Waals surface area contributed by atoms with Gasteiger partial charge in [-0.3, -0.25) is 4.68 Å². The Labute approximate surface area is 115 Å². The normalized spacial score (nSPS) is 10.8. The summed E-state index contributed by atoms with van der Waals surface area (Å²) in [6.45, 7) is 1.45. The molecule has 7 nitrogen and oxygen atoms in total. The first-order valence-electron chi connectivity index (χ1n) is 6.43. The van der Waals surface area contributed by atoms with Gasteiger partial charge < -0.3 is 5.73 Å². The third-order valence-corrected chi connectivity index (χ3v) is 3.02. The molecule has 2 heterocycles. The number of nitrogens with two attached hydrogens (primary N) is 1. The minimum atomic E-state index is 0.654. The predicted octanol–water partition coefficient (Wildman–Crippen LogP) is 1.08. The fourth-order valence-corrected chi connectivity index (χ4v) is 1.95. The Morgan fingerprint density at radius 2 is 1.85 bits per heavy atom. The van der Waals surface area contributed by atoms with Crippen molar-refractivity contribution in [2.24, 2.45) is 5.73 Å². The molecule has 0 aliphatic heterocycles. The van der Waals surface area contributed by atoms with E-state index < -0.39 is 0 Å². The summed E-state index contributed by atoms with van der Waals surface area (Å²) in [6, 6.07) is 7.99. The summed E-state index contributed by atoms with van der Waals surface area (Å²) in [5.74, 6) is 0. The van der Waals surface area contributed by atoms with E-state index in [0.717, 1.165) is 35.5 Å². The number of nitrogens with one attached hydrogen (secondary N) is 1. The molecule has 0 atom stereocenters. The van der Waals surface area contributed by atoms with E-state index in [4.69, 9.17) is 5.73 Å². The maximum absolute atomic E-state index is 5.48. The summed E-state index contributed by atoms with van der Waals surface area (Å²) >= 11 is 0. The van der Waals surface area contributed by atoms with Gasteiger partial charge in [-0.25, -0.2) is 0 Å². The second-order valence-corrected chi connectivity index (χ2v) is 4.44. The van der Waals surface area contributed by atoms with E-state index in [-0.39, 0.29) is 0 Å². The summed E-state index contributed by atoms with van der Waals surface area (Å²) < 4.78 is 1.81. The molecule has 0 aliphatic rings. The third kappa shape index (κ3) is 2.57. The number of rotatable bonds is 5. The first kappa shape index (κ1) is 12.5. The van der Waals surface area contributed by atoms with Gasteiger partial charge in [-0.2, -0.15) is 15.4 Å². The van der Waals surface area contributed by atoms with E-state index in [1.807, 2.05) is 35.1 Å². The number of hydrogen-bond acceptors (Lipinski definition) is 5. The van der Waals surface area contributed by atoms with Crippen LogP contribution < -0.4 is 5.73 Å². The van der Waals surface area contributed by atoms with Gasteiger partial charge in [0.2, 0.25) is 0 Å². The van der Waals surface area contributed by atoms with Crippen LogP contribution in [0.5, 0.6) is 0 Å². The number of nitrogens with zero attached hydrogens (tertiary/aromatic N) is 5. The fourth-order valence-electron chi connectivity index (χ4n) is 1.95. The van der Waals surface area contributed by atoms with Gasteiger partial charge >= 0.3 is 0 Å². The van der Waals surface area contributed by atoms with Gasteiger partial charge in [0.1, 0.15) is 11.4 Å². The second kappa shape index (κ2) is 5.62. The van der Waals surface area contributed by atoms with Gasteiger partial charge in [0, 0.05) is 17.7 Å². The molecular formula is C13H15N7. The molecule has 0 aliphatic carbocycles. The number of H-pyrrole nitrogens is 1. The molecular weight excluding hydrogens is 254 g/mol. The van der Waals surface area contributed by atoms with E-state index in [0.29, 0.717) is 6.54 Å². The smallest absolute Gasteiger partial charge is 0.113 e. The van der Waals surface area contributed by atoms with Crippen LogP contribution in [0.1, 0.15) is 6.42 Å². The molecule has 0 amide bonds. The van der Waals surface area contributed by atoms with E-state index >= 15 is 0 Å². The Bertz CT molecular complexity index is 654. The van der Waals surface area contributed by atoms with Crippen LogP contribution in [0.25, 0.3) is 22.5 Å². The Hall–Kier alpha value is -2.54. The van der Waals surface area contributed by atoms with Crippen LogP contribution in [0.2, 0.25) is 0 Å². The van der Waals surface area contributed by atoms with Crippen LogP contribution in [-0.4, -0.2) is 36.9 Å². The Balaban J connectivity index is 1.79. The number of aromatic amines is 1. The number of hydrogen-bond donors (Lipinski definition) is 2. The average Bonchev–Trinajstić information content (AvgIpc) is 3.17. The van der Waals surface area contributed by atoms with E-state index in [9.17, 15) is 0 Å². The quantitative estimate of drug-likeness (QED) is 0.722. The maximum atomic E-state index is 5.48. The Kier molecular flexibility index (Phi) is 3.51. The summed E-state index contributed by atoms with van der Waals surface area (Å²) in [4.78, 5) is 0. The lowest BCUT2D eigenvalue weighted by molar-refractivity contribution is 0.564. The summed E-state index contributed by atoms with van der Waals surface area (Å²) in [5, 5.41) is 18.7. The molecule has 0 bridgehead atoms. The molecule has 0 saturated heterocycles. The first-order valence-corrected chi connectivity index (χ1v) is 6.43. The zero-order valence-corrected chi connectivity index (χ0v) is 10.9. The highest BCUT2D eigenvalue weighted by molar-refractivity contribution is 5.65. The average molecular weight is 269 g/mol. The van der Waals surface area contributed by atoms with Gasteiger partial charge in [0.05, 0.1) is 12.4 Å². The Morgan fingerprint density at radius 1 is 1.10 bits per heavy atom. The molecule has 102 valence electrons. The SMILES string of the molecule is NCCCn1cc(-c2ccc(-c3cn[nH]n3)cc2)nn1. The largest absolute Gasteiger partial charge is 0.330 e. The number of aryl methyl sites for hydroxylation is 1. The van der Waals surface area contributed by atoms with Gasteiger partial charge in [0.15, 0.2) is 0 Å². The number of aromatic nitrogens is 6. The highest BCUT2D eigenvalue weighted by atomic mass is 15.4. The van der Waals surface area contributed by atoms with Crippen molar-refractivity contribution in [1.29, 1.82) is 0 Å². The molecule has 3 rings (SSSR count). The molecule has 2 aromatic heterocycles. The highest BCUT2D eigenvalue weighted by Gasteiger charge is 2.05. The van der Waals surface area contributed by atoms with Crippen LogP contribution >= 0.6 is 0 Å². The third-order valence-electron chi connectivity index (χ3n) is 3.02. The molecule has 0 saturated carbocycles. The van der Waals surface area contributed by atoms with Crippen molar-refractivity contribution in [3.05, 3.63) is 36.7 Å². The van der Waals surface area contributed by atoms with Crippen molar-refractivity contribution in [2.75, 3.05) is 6.54 Å². The molecule has 20 heavy (non-hydrogen) atoms. The summed E-state index contributed by atoms with van der Waals surface area (Å²) in [6.07, 6.45) is 4.52. The lowest BCUT2D eigenvalue weighted by Gasteiger charge is -1.99. The Morgan fingerprint density at radius 3 is 2.50 bits per heavy atom. The first-order chi connectivity index (χ1) is 9.86. The minimum Gasteiger partial charge on any atom is -0.330 e. The molecule has 0 unspecified atom stereocenters. The molecule has 3 N–H and O–H groups in total. The van der Waals surface area contributed by atoms with Gasteiger partial charge in [-0.15, -0.1) is 5.10 Å². The van der Waals surface area contributed by atoms with Crippen LogP contribution in [-0.2, 0) is 6.54 Å². The molecule has 1 aromatic carbocycles. The molecule has 3 aromatic rings. The van der Waals surface area contributed by atoms with Gasteiger partial charge in [-0.1, -0.05) is 29.5 Å². The van der Waals surface area contributed by atoms with Crippen molar-refractivity contribution in [3.8, 4) is 22.5 Å². The summed E-state index contributed by atoms with van der Waals surface area (Å²) in [5.41, 5.74) is 9.20. The van der Waals surface area contributed by atoms with Crippen molar-refractivity contribution >= 4 is 0 Å². The standard InChI is InChI=1S/C13H15N7/c14-6-1-7-20-9-13(17-19-20)11-4-2-10(3-5-11)12-8-15-18-16-12/h2-5,8-9H,1,6-7,14H2,(H,15,16,18). The zero-order valence-electron chi connectivity index (χ0n) is 10.9. The minimum absolute atomic E-state index is 0.654. The van der Waals surface area contributed by atoms with E-state index in [1.54, 1.807) is 6.20 Å². The van der Waals surface area contributed by atoms with Crippen molar-refractivity contribution in [1.82, 2.24) is 30.4 Å². The predicted molar refractivity (Wildman–Crippen MR) is 74.5 cm³/mol. The number of benzene rings is 1. The molecule has 0 radical (unpaired) electrons. The van der Waals surface area contributed by atoms with E-state index in [1.165, 1.54) is 0 Å². The molecule has 7 heteroatoms. The lowest BCUT2D eigenvalue weighted by Crippen LogP contribution is -2.06. The monoisotopic (exact) mass is 269 g/mol. The summed E-state index contributed by atoms with van der Waals surface area (Å²) in [7, 11) is 0. The van der Waals surface area contributed by atoms with Gasteiger partial charge in [-0.05, 0) is 13.0 Å².